The lowest BCUT2D eigenvalue weighted by atomic mass is 10.2. The number of benzene rings is 2. The quantitative estimate of drug-likeness (QED) is 0.465. The van der Waals surface area contributed by atoms with Crippen LogP contribution in [0, 0.1) is 10.1 Å². The Morgan fingerprint density at radius 2 is 1.96 bits per heavy atom. The number of hydrogen-bond acceptors (Lipinski definition) is 6. The first-order valence-electron chi connectivity index (χ1n) is 7.06. The number of anilines is 1. The summed E-state index contributed by atoms with van der Waals surface area (Å²) in [6, 6.07) is 11.5. The summed E-state index contributed by atoms with van der Waals surface area (Å²) in [5.74, 6) is 0.204. The standard InChI is InChI=1S/C15H14N2O6S/c18-17(19)11-6-7-15(23-10-12-9-22-12)14(8-11)16-24(20,21)13-4-2-1-3-5-13/h1-8,12,16H,9-10H2. The van der Waals surface area contributed by atoms with Gasteiger partial charge < -0.3 is 9.47 Å². The molecule has 1 heterocycles. The SMILES string of the molecule is O=[N+]([O-])c1ccc(OCC2CO2)c(NS(=O)(=O)c2ccccc2)c1. The maximum atomic E-state index is 12.4. The average Bonchev–Trinajstić information content (AvgIpc) is 3.38. The van der Waals surface area contributed by atoms with Crippen molar-refractivity contribution in [3.8, 4) is 5.75 Å². The molecule has 1 aliphatic rings. The molecule has 1 saturated heterocycles. The number of non-ortho nitro benzene ring substituents is 1. The molecule has 2 aromatic carbocycles. The van der Waals surface area contributed by atoms with Gasteiger partial charge in [0.2, 0.25) is 0 Å². The van der Waals surface area contributed by atoms with Gasteiger partial charge in [-0.25, -0.2) is 8.42 Å². The Balaban J connectivity index is 1.91. The lowest BCUT2D eigenvalue weighted by Gasteiger charge is -2.13. The summed E-state index contributed by atoms with van der Waals surface area (Å²) in [4.78, 5) is 10.4. The van der Waals surface area contributed by atoms with Crippen LogP contribution in [-0.2, 0) is 14.8 Å². The molecule has 0 spiro atoms. The van der Waals surface area contributed by atoms with Gasteiger partial charge in [-0.2, -0.15) is 0 Å². The maximum absolute atomic E-state index is 12.4. The van der Waals surface area contributed by atoms with E-state index in [1.807, 2.05) is 0 Å². The van der Waals surface area contributed by atoms with Crippen LogP contribution in [0.1, 0.15) is 0 Å². The highest BCUT2D eigenvalue weighted by atomic mass is 32.2. The number of ether oxygens (including phenoxy) is 2. The molecule has 24 heavy (non-hydrogen) atoms. The molecule has 0 radical (unpaired) electrons. The Morgan fingerprint density at radius 1 is 1.25 bits per heavy atom. The Labute approximate surface area is 138 Å². The second-order valence-electron chi connectivity index (χ2n) is 5.12. The first kappa shape index (κ1) is 16.2. The van der Waals surface area contributed by atoms with E-state index in [0.29, 0.717) is 6.61 Å². The molecule has 0 saturated carbocycles. The monoisotopic (exact) mass is 350 g/mol. The van der Waals surface area contributed by atoms with Gasteiger partial charge in [0.15, 0.2) is 0 Å². The molecule has 1 unspecified atom stereocenters. The van der Waals surface area contributed by atoms with E-state index in [1.54, 1.807) is 18.2 Å². The fourth-order valence-corrected chi connectivity index (χ4v) is 3.07. The van der Waals surface area contributed by atoms with Crippen LogP contribution >= 0.6 is 0 Å². The summed E-state index contributed by atoms with van der Waals surface area (Å²) in [6.07, 6.45) is -0.0289. The van der Waals surface area contributed by atoms with Gasteiger partial charge in [0, 0.05) is 12.1 Å². The van der Waals surface area contributed by atoms with E-state index in [2.05, 4.69) is 4.72 Å². The minimum Gasteiger partial charge on any atom is -0.489 e. The number of nitro groups is 1. The number of nitrogens with one attached hydrogen (secondary N) is 1. The van der Waals surface area contributed by atoms with Gasteiger partial charge in [0.1, 0.15) is 18.5 Å². The molecule has 0 bridgehead atoms. The smallest absolute Gasteiger partial charge is 0.271 e. The van der Waals surface area contributed by atoms with Crippen LogP contribution < -0.4 is 9.46 Å². The number of nitro benzene ring substituents is 1. The topological polar surface area (TPSA) is 111 Å². The van der Waals surface area contributed by atoms with Crippen LogP contribution in [0.15, 0.2) is 53.4 Å². The summed E-state index contributed by atoms with van der Waals surface area (Å²) < 4.78 is 37.7. The minimum absolute atomic E-state index is 0.00806. The van der Waals surface area contributed by atoms with Gasteiger partial charge in [-0.15, -0.1) is 0 Å². The van der Waals surface area contributed by atoms with Crippen LogP contribution in [0.2, 0.25) is 0 Å². The van der Waals surface area contributed by atoms with Crippen molar-refractivity contribution in [2.45, 2.75) is 11.0 Å². The van der Waals surface area contributed by atoms with Gasteiger partial charge in [-0.1, -0.05) is 18.2 Å². The van der Waals surface area contributed by atoms with Crippen LogP contribution in [-0.4, -0.2) is 32.7 Å². The van der Waals surface area contributed by atoms with Crippen LogP contribution in [0.3, 0.4) is 0 Å². The fraction of sp³-hybridized carbons (Fsp3) is 0.200. The van der Waals surface area contributed by atoms with E-state index in [9.17, 15) is 18.5 Å². The van der Waals surface area contributed by atoms with E-state index in [0.717, 1.165) is 6.07 Å². The molecule has 0 aliphatic carbocycles. The predicted octanol–water partition coefficient (Wildman–Crippen LogP) is 2.17. The number of nitrogens with zero attached hydrogens (tertiary/aromatic N) is 1. The van der Waals surface area contributed by atoms with Crippen molar-refractivity contribution in [1.29, 1.82) is 0 Å². The van der Waals surface area contributed by atoms with Crippen molar-refractivity contribution >= 4 is 21.4 Å². The first-order chi connectivity index (χ1) is 11.5. The molecule has 1 fully saturated rings. The molecule has 2 aromatic rings. The fourth-order valence-electron chi connectivity index (χ4n) is 1.99. The summed E-state index contributed by atoms with van der Waals surface area (Å²) in [5.41, 5.74) is -0.232. The highest BCUT2D eigenvalue weighted by molar-refractivity contribution is 7.92. The Kier molecular flexibility index (Phi) is 4.36. The molecule has 1 N–H and O–H groups in total. The molecule has 1 aliphatic heterocycles. The van der Waals surface area contributed by atoms with E-state index in [1.165, 1.54) is 24.3 Å². The van der Waals surface area contributed by atoms with Gasteiger partial charge in [0.25, 0.3) is 15.7 Å². The van der Waals surface area contributed by atoms with Crippen molar-refractivity contribution in [3.05, 3.63) is 58.6 Å². The first-order valence-corrected chi connectivity index (χ1v) is 8.55. The van der Waals surface area contributed by atoms with E-state index in [4.69, 9.17) is 9.47 Å². The summed E-state index contributed by atoms with van der Waals surface area (Å²) >= 11 is 0. The van der Waals surface area contributed by atoms with Gasteiger partial charge in [-0.3, -0.25) is 14.8 Å². The second-order valence-corrected chi connectivity index (χ2v) is 6.80. The van der Waals surface area contributed by atoms with Crippen LogP contribution in [0.5, 0.6) is 5.75 Å². The third-order valence-electron chi connectivity index (χ3n) is 3.30. The van der Waals surface area contributed by atoms with Crippen LogP contribution in [0.25, 0.3) is 0 Å². The Hall–Kier alpha value is -2.65. The number of epoxide rings is 1. The highest BCUT2D eigenvalue weighted by Gasteiger charge is 2.25. The summed E-state index contributed by atoms with van der Waals surface area (Å²) in [7, 11) is -3.89. The third-order valence-corrected chi connectivity index (χ3v) is 4.68. The third kappa shape index (κ3) is 3.81. The number of sulfonamides is 1. The lowest BCUT2D eigenvalue weighted by molar-refractivity contribution is -0.384. The highest BCUT2D eigenvalue weighted by Crippen LogP contribution is 2.31. The molecule has 1 atom stereocenters. The summed E-state index contributed by atoms with van der Waals surface area (Å²) in [6.45, 7) is 0.829. The summed E-state index contributed by atoms with van der Waals surface area (Å²) in [5, 5.41) is 10.9. The molecule has 3 rings (SSSR count). The van der Waals surface area contributed by atoms with E-state index >= 15 is 0 Å². The zero-order chi connectivity index (χ0) is 17.2. The number of rotatable bonds is 7. The van der Waals surface area contributed by atoms with Crippen LogP contribution in [0.4, 0.5) is 11.4 Å². The molecule has 9 heteroatoms. The van der Waals surface area contributed by atoms with Crippen molar-refractivity contribution in [1.82, 2.24) is 0 Å². The molecule has 8 nitrogen and oxygen atoms in total. The van der Waals surface area contributed by atoms with Crippen molar-refractivity contribution in [3.63, 3.8) is 0 Å². The van der Waals surface area contributed by atoms with E-state index in [-0.39, 0.29) is 34.7 Å². The molecular formula is C15H14N2O6S. The largest absolute Gasteiger partial charge is 0.489 e. The Bertz CT molecular complexity index is 850. The molecule has 0 aromatic heterocycles. The van der Waals surface area contributed by atoms with E-state index < -0.39 is 14.9 Å². The zero-order valence-corrected chi connectivity index (χ0v) is 13.2. The Morgan fingerprint density at radius 3 is 2.58 bits per heavy atom. The van der Waals surface area contributed by atoms with Crippen molar-refractivity contribution in [2.24, 2.45) is 0 Å². The van der Waals surface area contributed by atoms with Gasteiger partial charge >= 0.3 is 0 Å². The minimum atomic E-state index is -3.89. The lowest BCUT2D eigenvalue weighted by Crippen LogP contribution is -2.15. The second kappa shape index (κ2) is 6.46. The molecule has 126 valence electrons. The normalized spacial score (nSPS) is 16.4. The van der Waals surface area contributed by atoms with Gasteiger partial charge in [0.05, 0.1) is 22.1 Å². The average molecular weight is 350 g/mol. The number of hydrogen-bond donors (Lipinski definition) is 1. The van der Waals surface area contributed by atoms with Crippen molar-refractivity contribution in [2.75, 3.05) is 17.9 Å². The van der Waals surface area contributed by atoms with Crippen molar-refractivity contribution < 1.29 is 22.8 Å². The zero-order valence-electron chi connectivity index (χ0n) is 12.4. The molecular weight excluding hydrogens is 336 g/mol. The van der Waals surface area contributed by atoms with Gasteiger partial charge in [-0.05, 0) is 18.2 Å². The maximum Gasteiger partial charge on any atom is 0.271 e. The molecule has 0 amide bonds. The predicted molar refractivity (Wildman–Crippen MR) is 85.6 cm³/mol.